The van der Waals surface area contributed by atoms with Crippen LogP contribution >= 0.6 is 22.6 Å². The van der Waals surface area contributed by atoms with Crippen LogP contribution in [0.2, 0.25) is 0 Å². The lowest BCUT2D eigenvalue weighted by Crippen LogP contribution is -2.33. The van der Waals surface area contributed by atoms with E-state index in [1.54, 1.807) is 0 Å². The van der Waals surface area contributed by atoms with Crippen LogP contribution < -0.4 is 0 Å². The number of benzene rings is 1. The largest absolute Gasteiger partial charge is 0.390 e. The van der Waals surface area contributed by atoms with Crippen molar-refractivity contribution in [3.8, 4) is 0 Å². The van der Waals surface area contributed by atoms with Crippen LogP contribution in [0.3, 0.4) is 0 Å². The fraction of sp³-hybridized carbons (Fsp3) is 0.647. The van der Waals surface area contributed by atoms with E-state index in [4.69, 9.17) is 0 Å². The van der Waals surface area contributed by atoms with Gasteiger partial charge >= 0.3 is 0 Å². The van der Waals surface area contributed by atoms with Crippen LogP contribution in [0.4, 0.5) is 0 Å². The number of aryl methyl sites for hydroxylation is 1. The summed E-state index contributed by atoms with van der Waals surface area (Å²) in [6.07, 6.45) is 7.48. The third-order valence-corrected chi connectivity index (χ3v) is 5.32. The predicted octanol–water partition coefficient (Wildman–Crippen LogP) is 4.80. The molecule has 106 valence electrons. The Bertz CT molecular complexity index is 383. The standard InChI is InChI=1S/C17H25IO/c1-17(2,19)15-9-5-13(6-10-15)3-4-14-7-11-16(18)12-8-14/h7-8,11-13,15,19H,3-6,9-10H2,1-2H3. The number of aliphatic hydroxyl groups is 1. The van der Waals surface area contributed by atoms with Crippen molar-refractivity contribution in [1.82, 2.24) is 0 Å². The third kappa shape index (κ3) is 4.75. The molecule has 0 atom stereocenters. The third-order valence-electron chi connectivity index (χ3n) is 4.60. The summed E-state index contributed by atoms with van der Waals surface area (Å²) >= 11 is 2.35. The van der Waals surface area contributed by atoms with Crippen LogP contribution in [0.25, 0.3) is 0 Å². The van der Waals surface area contributed by atoms with Crippen molar-refractivity contribution >= 4 is 22.6 Å². The Kier molecular flexibility index (Phi) is 5.29. The van der Waals surface area contributed by atoms with Gasteiger partial charge in [-0.3, -0.25) is 0 Å². The maximum atomic E-state index is 10.1. The second kappa shape index (κ2) is 6.57. The van der Waals surface area contributed by atoms with Gasteiger partial charge in [0.2, 0.25) is 0 Å². The van der Waals surface area contributed by atoms with Crippen LogP contribution in [-0.4, -0.2) is 10.7 Å². The van der Waals surface area contributed by atoms with Gasteiger partial charge in [-0.05, 0) is 91.7 Å². The summed E-state index contributed by atoms with van der Waals surface area (Å²) in [5.74, 6) is 1.36. The van der Waals surface area contributed by atoms with Gasteiger partial charge in [-0.25, -0.2) is 0 Å². The minimum absolute atomic E-state index is 0.485. The fourth-order valence-corrected chi connectivity index (χ4v) is 3.54. The molecule has 0 aromatic heterocycles. The van der Waals surface area contributed by atoms with Crippen molar-refractivity contribution in [2.75, 3.05) is 0 Å². The Morgan fingerprint density at radius 2 is 1.68 bits per heavy atom. The van der Waals surface area contributed by atoms with Crippen molar-refractivity contribution in [2.45, 2.75) is 58.0 Å². The molecule has 19 heavy (non-hydrogen) atoms. The summed E-state index contributed by atoms with van der Waals surface area (Å²) in [5.41, 5.74) is 0.978. The molecule has 2 rings (SSSR count). The summed E-state index contributed by atoms with van der Waals surface area (Å²) < 4.78 is 1.31. The number of halogens is 1. The van der Waals surface area contributed by atoms with Crippen molar-refractivity contribution in [1.29, 1.82) is 0 Å². The summed E-state index contributed by atoms with van der Waals surface area (Å²) in [5, 5.41) is 10.1. The van der Waals surface area contributed by atoms with E-state index in [1.807, 2.05) is 13.8 Å². The monoisotopic (exact) mass is 372 g/mol. The Balaban J connectivity index is 1.75. The molecule has 0 spiro atoms. The number of hydrogen-bond acceptors (Lipinski definition) is 1. The predicted molar refractivity (Wildman–Crippen MR) is 89.2 cm³/mol. The number of rotatable bonds is 4. The van der Waals surface area contributed by atoms with Gasteiger partial charge in [-0.1, -0.05) is 25.0 Å². The molecule has 1 aliphatic rings. The molecule has 1 N–H and O–H groups in total. The molecule has 1 saturated carbocycles. The molecule has 1 aliphatic carbocycles. The Labute approximate surface area is 130 Å². The molecule has 1 aromatic rings. The van der Waals surface area contributed by atoms with Crippen LogP contribution in [0.5, 0.6) is 0 Å². The second-order valence-electron chi connectivity index (χ2n) is 6.54. The smallest absolute Gasteiger partial charge is 0.0619 e. The summed E-state index contributed by atoms with van der Waals surface area (Å²) in [7, 11) is 0. The molecule has 0 amide bonds. The van der Waals surface area contributed by atoms with Gasteiger partial charge in [0.05, 0.1) is 5.60 Å². The first-order valence-electron chi connectivity index (χ1n) is 7.42. The SMILES string of the molecule is CC(C)(O)C1CCC(CCc2ccc(I)cc2)CC1. The lowest BCUT2D eigenvalue weighted by atomic mass is 9.73. The van der Waals surface area contributed by atoms with Gasteiger partial charge in [0.25, 0.3) is 0 Å². The van der Waals surface area contributed by atoms with Crippen molar-refractivity contribution in [2.24, 2.45) is 11.8 Å². The Hall–Kier alpha value is -0.0900. The molecule has 0 unspecified atom stereocenters. The van der Waals surface area contributed by atoms with E-state index in [0.717, 1.165) is 5.92 Å². The fourth-order valence-electron chi connectivity index (χ4n) is 3.18. The zero-order chi connectivity index (χ0) is 13.9. The Morgan fingerprint density at radius 1 is 1.11 bits per heavy atom. The average molecular weight is 372 g/mol. The van der Waals surface area contributed by atoms with Crippen molar-refractivity contribution in [3.63, 3.8) is 0 Å². The zero-order valence-corrected chi connectivity index (χ0v) is 14.2. The number of hydrogen-bond donors (Lipinski definition) is 1. The average Bonchev–Trinajstić information content (AvgIpc) is 2.37. The maximum Gasteiger partial charge on any atom is 0.0619 e. The molecule has 1 nitrogen and oxygen atoms in total. The maximum absolute atomic E-state index is 10.1. The van der Waals surface area contributed by atoms with E-state index in [1.165, 1.54) is 47.7 Å². The molecule has 0 heterocycles. The van der Waals surface area contributed by atoms with Gasteiger partial charge in [0, 0.05) is 3.57 Å². The van der Waals surface area contributed by atoms with E-state index < -0.39 is 5.60 Å². The zero-order valence-electron chi connectivity index (χ0n) is 12.0. The van der Waals surface area contributed by atoms with Crippen LogP contribution in [0.1, 0.15) is 51.5 Å². The van der Waals surface area contributed by atoms with E-state index in [2.05, 4.69) is 46.9 Å². The van der Waals surface area contributed by atoms with Gasteiger partial charge in [-0.15, -0.1) is 0 Å². The van der Waals surface area contributed by atoms with Crippen LogP contribution in [0.15, 0.2) is 24.3 Å². The molecule has 2 heteroatoms. The van der Waals surface area contributed by atoms with Crippen molar-refractivity contribution < 1.29 is 5.11 Å². The first kappa shape index (κ1) is 15.3. The highest BCUT2D eigenvalue weighted by Crippen LogP contribution is 2.36. The highest BCUT2D eigenvalue weighted by molar-refractivity contribution is 14.1. The molecule has 1 fully saturated rings. The first-order chi connectivity index (χ1) is 8.95. The van der Waals surface area contributed by atoms with E-state index >= 15 is 0 Å². The highest BCUT2D eigenvalue weighted by Gasteiger charge is 2.30. The van der Waals surface area contributed by atoms with Crippen molar-refractivity contribution in [3.05, 3.63) is 33.4 Å². The van der Waals surface area contributed by atoms with Gasteiger partial charge in [0.15, 0.2) is 0 Å². The van der Waals surface area contributed by atoms with Crippen LogP contribution in [-0.2, 0) is 6.42 Å². The van der Waals surface area contributed by atoms with Gasteiger partial charge < -0.3 is 5.11 Å². The van der Waals surface area contributed by atoms with Gasteiger partial charge in [-0.2, -0.15) is 0 Å². The van der Waals surface area contributed by atoms with E-state index in [-0.39, 0.29) is 0 Å². The minimum atomic E-state index is -0.485. The highest BCUT2D eigenvalue weighted by atomic mass is 127. The Morgan fingerprint density at radius 3 is 2.21 bits per heavy atom. The first-order valence-corrected chi connectivity index (χ1v) is 8.50. The quantitative estimate of drug-likeness (QED) is 0.753. The lowest BCUT2D eigenvalue weighted by Gasteiger charge is -2.35. The summed E-state index contributed by atoms with van der Waals surface area (Å²) in [6, 6.07) is 8.90. The summed E-state index contributed by atoms with van der Waals surface area (Å²) in [6.45, 7) is 3.92. The topological polar surface area (TPSA) is 20.2 Å². The second-order valence-corrected chi connectivity index (χ2v) is 7.78. The van der Waals surface area contributed by atoms with E-state index in [0.29, 0.717) is 5.92 Å². The molecule has 0 bridgehead atoms. The van der Waals surface area contributed by atoms with E-state index in [9.17, 15) is 5.11 Å². The molecule has 0 aliphatic heterocycles. The lowest BCUT2D eigenvalue weighted by molar-refractivity contribution is -0.00631. The molecule has 1 aromatic carbocycles. The molecular weight excluding hydrogens is 347 g/mol. The molecular formula is C17H25IO. The minimum Gasteiger partial charge on any atom is -0.390 e. The van der Waals surface area contributed by atoms with Crippen LogP contribution in [0, 0.1) is 15.4 Å². The summed E-state index contributed by atoms with van der Waals surface area (Å²) in [4.78, 5) is 0. The molecule has 0 saturated heterocycles. The van der Waals surface area contributed by atoms with Gasteiger partial charge in [0.1, 0.15) is 0 Å². The normalized spacial score (nSPS) is 24.4. The molecule has 0 radical (unpaired) electrons.